The summed E-state index contributed by atoms with van der Waals surface area (Å²) in [6, 6.07) is 0.229. The lowest BCUT2D eigenvalue weighted by molar-refractivity contribution is -0.139. The van der Waals surface area contributed by atoms with E-state index in [9.17, 15) is 4.79 Å². The van der Waals surface area contributed by atoms with Crippen molar-refractivity contribution in [3.63, 3.8) is 0 Å². The molecule has 0 amide bonds. The van der Waals surface area contributed by atoms with Crippen LogP contribution in [0.2, 0.25) is 0 Å². The van der Waals surface area contributed by atoms with Crippen LogP contribution in [-0.4, -0.2) is 72.9 Å². The van der Waals surface area contributed by atoms with Gasteiger partial charge in [-0.1, -0.05) is 0 Å². The molecule has 5 heteroatoms. The van der Waals surface area contributed by atoms with Gasteiger partial charge in [0.05, 0.1) is 19.3 Å². The smallest absolute Gasteiger partial charge is 0.317 e. The fourth-order valence-electron chi connectivity index (χ4n) is 1.87. The Morgan fingerprint density at radius 3 is 2.81 bits per heavy atom. The van der Waals surface area contributed by atoms with Gasteiger partial charge in [-0.25, -0.2) is 0 Å². The molecule has 1 N–H and O–H groups in total. The SMILES string of the molecule is CC(C)N(CC(=O)O)CC1CN(C)CCO1. The van der Waals surface area contributed by atoms with Gasteiger partial charge in [0.25, 0.3) is 0 Å². The van der Waals surface area contributed by atoms with Gasteiger partial charge in [0, 0.05) is 25.7 Å². The number of hydrogen-bond acceptors (Lipinski definition) is 4. The van der Waals surface area contributed by atoms with Gasteiger partial charge in [-0.3, -0.25) is 9.69 Å². The van der Waals surface area contributed by atoms with Crippen molar-refractivity contribution < 1.29 is 14.6 Å². The van der Waals surface area contributed by atoms with Crippen molar-refractivity contribution in [2.45, 2.75) is 26.0 Å². The average Bonchev–Trinajstić information content (AvgIpc) is 2.15. The quantitative estimate of drug-likeness (QED) is 0.726. The zero-order valence-electron chi connectivity index (χ0n) is 10.3. The van der Waals surface area contributed by atoms with Crippen LogP contribution in [0.15, 0.2) is 0 Å². The third-order valence-electron chi connectivity index (χ3n) is 2.85. The van der Waals surface area contributed by atoms with Crippen molar-refractivity contribution in [3.05, 3.63) is 0 Å². The molecule has 0 bridgehead atoms. The molecule has 16 heavy (non-hydrogen) atoms. The normalized spacial score (nSPS) is 22.9. The van der Waals surface area contributed by atoms with E-state index in [0.29, 0.717) is 6.54 Å². The lowest BCUT2D eigenvalue weighted by atomic mass is 10.2. The second-order valence-electron chi connectivity index (χ2n) is 4.67. The molecule has 1 unspecified atom stereocenters. The monoisotopic (exact) mass is 230 g/mol. The first-order valence-electron chi connectivity index (χ1n) is 5.75. The minimum Gasteiger partial charge on any atom is -0.480 e. The minimum absolute atomic E-state index is 0.0846. The summed E-state index contributed by atoms with van der Waals surface area (Å²) in [5, 5.41) is 8.82. The molecule has 0 aromatic carbocycles. The number of rotatable bonds is 5. The lowest BCUT2D eigenvalue weighted by Crippen LogP contribution is -2.48. The highest BCUT2D eigenvalue weighted by atomic mass is 16.5. The van der Waals surface area contributed by atoms with Crippen LogP contribution in [0.25, 0.3) is 0 Å². The van der Waals surface area contributed by atoms with E-state index in [2.05, 4.69) is 11.9 Å². The lowest BCUT2D eigenvalue weighted by Gasteiger charge is -2.34. The van der Waals surface area contributed by atoms with Crippen molar-refractivity contribution >= 4 is 5.97 Å². The van der Waals surface area contributed by atoms with Gasteiger partial charge in [0.1, 0.15) is 0 Å². The molecule has 0 aliphatic carbocycles. The Bertz CT molecular complexity index is 233. The van der Waals surface area contributed by atoms with Crippen LogP contribution in [0, 0.1) is 0 Å². The van der Waals surface area contributed by atoms with E-state index in [1.807, 2.05) is 18.7 Å². The van der Waals surface area contributed by atoms with Crippen LogP contribution in [0.4, 0.5) is 0 Å². The molecule has 1 saturated heterocycles. The summed E-state index contributed by atoms with van der Waals surface area (Å²) in [4.78, 5) is 14.9. The van der Waals surface area contributed by atoms with E-state index in [1.165, 1.54) is 0 Å². The second-order valence-corrected chi connectivity index (χ2v) is 4.67. The van der Waals surface area contributed by atoms with Crippen LogP contribution in [-0.2, 0) is 9.53 Å². The maximum Gasteiger partial charge on any atom is 0.317 e. The zero-order chi connectivity index (χ0) is 12.1. The van der Waals surface area contributed by atoms with Crippen LogP contribution < -0.4 is 0 Å². The van der Waals surface area contributed by atoms with Gasteiger partial charge in [0.2, 0.25) is 0 Å². The maximum absolute atomic E-state index is 10.7. The summed E-state index contributed by atoms with van der Waals surface area (Å²) in [6.45, 7) is 7.36. The highest BCUT2D eigenvalue weighted by Gasteiger charge is 2.23. The van der Waals surface area contributed by atoms with E-state index >= 15 is 0 Å². The number of ether oxygens (including phenoxy) is 1. The Balaban J connectivity index is 2.44. The van der Waals surface area contributed by atoms with E-state index in [4.69, 9.17) is 9.84 Å². The van der Waals surface area contributed by atoms with Crippen molar-refractivity contribution in [1.82, 2.24) is 9.80 Å². The Morgan fingerprint density at radius 2 is 2.31 bits per heavy atom. The summed E-state index contributed by atoms with van der Waals surface area (Å²) < 4.78 is 5.63. The number of carboxylic acid groups (broad SMARTS) is 1. The molecular weight excluding hydrogens is 208 g/mol. The number of carbonyl (C=O) groups is 1. The summed E-state index contributed by atoms with van der Waals surface area (Å²) in [7, 11) is 2.06. The molecular formula is C11H22N2O3. The van der Waals surface area contributed by atoms with E-state index in [0.717, 1.165) is 19.7 Å². The van der Waals surface area contributed by atoms with Crippen molar-refractivity contribution in [2.24, 2.45) is 0 Å². The number of hydrogen-bond donors (Lipinski definition) is 1. The third kappa shape index (κ3) is 4.47. The Hall–Kier alpha value is -0.650. The fourth-order valence-corrected chi connectivity index (χ4v) is 1.87. The van der Waals surface area contributed by atoms with Crippen LogP contribution >= 0.6 is 0 Å². The van der Waals surface area contributed by atoms with Crippen LogP contribution in [0.1, 0.15) is 13.8 Å². The highest BCUT2D eigenvalue weighted by molar-refractivity contribution is 5.69. The molecule has 1 aliphatic heterocycles. The molecule has 1 heterocycles. The van der Waals surface area contributed by atoms with Gasteiger partial charge in [0.15, 0.2) is 0 Å². The van der Waals surface area contributed by atoms with Gasteiger partial charge in [-0.05, 0) is 20.9 Å². The Kier molecular flexibility index (Phi) is 5.18. The third-order valence-corrected chi connectivity index (χ3v) is 2.85. The first-order valence-corrected chi connectivity index (χ1v) is 5.75. The Morgan fingerprint density at radius 1 is 1.62 bits per heavy atom. The largest absolute Gasteiger partial charge is 0.480 e. The predicted molar refractivity (Wildman–Crippen MR) is 61.6 cm³/mol. The average molecular weight is 230 g/mol. The topological polar surface area (TPSA) is 53.0 Å². The minimum atomic E-state index is -0.780. The van der Waals surface area contributed by atoms with Crippen molar-refractivity contribution in [1.29, 1.82) is 0 Å². The summed E-state index contributed by atoms with van der Waals surface area (Å²) >= 11 is 0. The standard InChI is InChI=1S/C11H22N2O3/c1-9(2)13(8-11(14)15)7-10-6-12(3)4-5-16-10/h9-10H,4-8H2,1-3H3,(H,14,15). The molecule has 0 aromatic rings. The number of likely N-dealkylation sites (N-methyl/N-ethyl adjacent to an activating group) is 1. The molecule has 1 fully saturated rings. The molecule has 1 rings (SSSR count). The maximum atomic E-state index is 10.7. The summed E-state index contributed by atoms with van der Waals surface area (Å²) in [6.07, 6.45) is 0.125. The molecule has 0 spiro atoms. The highest BCUT2D eigenvalue weighted by Crippen LogP contribution is 2.07. The summed E-state index contributed by atoms with van der Waals surface area (Å²) in [5.41, 5.74) is 0. The number of aliphatic carboxylic acids is 1. The molecule has 94 valence electrons. The van der Waals surface area contributed by atoms with Crippen molar-refractivity contribution in [2.75, 3.05) is 39.8 Å². The predicted octanol–water partition coefficient (Wildman–Crippen LogP) is 0.112. The molecule has 0 saturated carbocycles. The van der Waals surface area contributed by atoms with Crippen LogP contribution in [0.5, 0.6) is 0 Å². The molecule has 1 aliphatic rings. The zero-order valence-corrected chi connectivity index (χ0v) is 10.3. The van der Waals surface area contributed by atoms with Crippen molar-refractivity contribution in [3.8, 4) is 0 Å². The molecule has 0 aromatic heterocycles. The van der Waals surface area contributed by atoms with E-state index in [1.54, 1.807) is 0 Å². The van der Waals surface area contributed by atoms with E-state index < -0.39 is 5.97 Å². The first-order chi connectivity index (χ1) is 7.49. The van der Waals surface area contributed by atoms with Crippen LogP contribution in [0.3, 0.4) is 0 Å². The molecule has 1 atom stereocenters. The van der Waals surface area contributed by atoms with Gasteiger partial charge in [-0.15, -0.1) is 0 Å². The molecule has 0 radical (unpaired) electrons. The number of nitrogens with zero attached hydrogens (tertiary/aromatic N) is 2. The first kappa shape index (κ1) is 13.4. The fraction of sp³-hybridized carbons (Fsp3) is 0.909. The van der Waals surface area contributed by atoms with Gasteiger partial charge in [-0.2, -0.15) is 0 Å². The van der Waals surface area contributed by atoms with Gasteiger partial charge < -0.3 is 14.7 Å². The second kappa shape index (κ2) is 6.18. The molecule has 5 nitrogen and oxygen atoms in total. The number of carboxylic acids is 1. The summed E-state index contributed by atoms with van der Waals surface area (Å²) in [5.74, 6) is -0.780. The number of morpholine rings is 1. The van der Waals surface area contributed by atoms with Gasteiger partial charge >= 0.3 is 5.97 Å². The Labute approximate surface area is 97.0 Å². The van der Waals surface area contributed by atoms with E-state index in [-0.39, 0.29) is 18.7 Å².